The monoisotopic (exact) mass is 328 g/mol. The summed E-state index contributed by atoms with van der Waals surface area (Å²) in [6, 6.07) is 1.63. The summed E-state index contributed by atoms with van der Waals surface area (Å²) in [7, 11) is -3.59. The number of hydrogen-bond acceptors (Lipinski definition) is 5. The van der Waals surface area contributed by atoms with Crippen LogP contribution in [0, 0.1) is 6.92 Å². The third kappa shape index (κ3) is 3.84. The number of aryl methyl sites for hydroxylation is 2. The van der Waals surface area contributed by atoms with Crippen LogP contribution in [0.25, 0.3) is 0 Å². The van der Waals surface area contributed by atoms with Gasteiger partial charge < -0.3 is 10.3 Å². The fourth-order valence-corrected chi connectivity index (χ4v) is 4.06. The highest BCUT2D eigenvalue weighted by atomic mass is 32.2. The minimum Gasteiger partial charge on any atom is -0.363 e. The Morgan fingerprint density at radius 1 is 1.38 bits per heavy atom. The minimum atomic E-state index is -3.59. The first-order valence-electron chi connectivity index (χ1n) is 6.83. The second-order valence-electron chi connectivity index (χ2n) is 4.62. The molecule has 0 aliphatic rings. The molecule has 0 aliphatic carbocycles. The maximum absolute atomic E-state index is 12.3. The van der Waals surface area contributed by atoms with E-state index < -0.39 is 10.0 Å². The third-order valence-corrected chi connectivity index (χ3v) is 5.42. The van der Waals surface area contributed by atoms with Crippen molar-refractivity contribution >= 4 is 26.5 Å². The van der Waals surface area contributed by atoms with Gasteiger partial charge in [-0.15, -0.1) is 11.3 Å². The van der Waals surface area contributed by atoms with E-state index in [2.05, 4.69) is 20.0 Å². The van der Waals surface area contributed by atoms with E-state index in [0.29, 0.717) is 11.7 Å². The number of thiazole rings is 1. The van der Waals surface area contributed by atoms with E-state index in [4.69, 9.17) is 0 Å². The molecule has 0 aliphatic heterocycles. The van der Waals surface area contributed by atoms with Crippen molar-refractivity contribution in [3.63, 3.8) is 0 Å². The van der Waals surface area contributed by atoms with Gasteiger partial charge in [0, 0.05) is 23.3 Å². The molecule has 0 aromatic carbocycles. The Morgan fingerprint density at radius 2 is 2.14 bits per heavy atom. The molecule has 0 spiro atoms. The van der Waals surface area contributed by atoms with E-state index >= 15 is 0 Å². The van der Waals surface area contributed by atoms with Gasteiger partial charge in [0.15, 0.2) is 5.13 Å². The van der Waals surface area contributed by atoms with Crippen LogP contribution >= 0.6 is 11.3 Å². The van der Waals surface area contributed by atoms with Crippen molar-refractivity contribution in [3.05, 3.63) is 28.5 Å². The maximum atomic E-state index is 12.3. The highest BCUT2D eigenvalue weighted by Crippen LogP contribution is 2.25. The molecule has 2 heterocycles. The van der Waals surface area contributed by atoms with Gasteiger partial charge in [0.1, 0.15) is 4.90 Å². The number of sulfonamides is 1. The van der Waals surface area contributed by atoms with Gasteiger partial charge in [-0.3, -0.25) is 4.72 Å². The van der Waals surface area contributed by atoms with Crippen LogP contribution in [0.1, 0.15) is 30.1 Å². The summed E-state index contributed by atoms with van der Waals surface area (Å²) >= 11 is 1.36. The highest BCUT2D eigenvalue weighted by Gasteiger charge is 2.18. The average Bonchev–Trinajstić information content (AvgIpc) is 3.03. The Morgan fingerprint density at radius 3 is 2.76 bits per heavy atom. The molecule has 0 saturated carbocycles. The quantitative estimate of drug-likeness (QED) is 0.727. The Labute approximate surface area is 129 Å². The molecule has 116 valence electrons. The van der Waals surface area contributed by atoms with Gasteiger partial charge in [-0.2, -0.15) is 0 Å². The second kappa shape index (κ2) is 6.59. The van der Waals surface area contributed by atoms with Crippen molar-refractivity contribution in [1.29, 1.82) is 0 Å². The summed E-state index contributed by atoms with van der Waals surface area (Å²) in [5.74, 6) is 0. The highest BCUT2D eigenvalue weighted by molar-refractivity contribution is 7.93. The molecule has 2 aromatic rings. The van der Waals surface area contributed by atoms with Crippen LogP contribution in [-0.2, 0) is 23.0 Å². The second-order valence-corrected chi connectivity index (χ2v) is 7.51. The molecule has 0 amide bonds. The standard InChI is InChI=1S/C13H20N4O2S2/c1-4-12-9(3)20-13(16-12)17-21(18,19)11-6-10(15-8-11)7-14-5-2/h6,8,14-15H,4-5,7H2,1-3H3,(H,16,17). The lowest BCUT2D eigenvalue weighted by atomic mass is 10.3. The Kier molecular flexibility index (Phi) is 5.02. The van der Waals surface area contributed by atoms with Gasteiger partial charge in [0.05, 0.1) is 5.69 Å². The molecule has 0 unspecified atom stereocenters. The number of aromatic amines is 1. The fraction of sp³-hybridized carbons (Fsp3) is 0.462. The van der Waals surface area contributed by atoms with Gasteiger partial charge in [-0.25, -0.2) is 13.4 Å². The molecule has 0 bridgehead atoms. The Hall–Kier alpha value is -1.38. The predicted molar refractivity (Wildman–Crippen MR) is 85.2 cm³/mol. The number of nitrogens with zero attached hydrogens (tertiary/aromatic N) is 1. The van der Waals surface area contributed by atoms with Crippen LogP contribution in [0.2, 0.25) is 0 Å². The zero-order valence-electron chi connectivity index (χ0n) is 12.4. The number of anilines is 1. The van der Waals surface area contributed by atoms with E-state index in [1.54, 1.807) is 6.07 Å². The van der Waals surface area contributed by atoms with Crippen LogP contribution in [0.15, 0.2) is 17.2 Å². The van der Waals surface area contributed by atoms with E-state index in [1.807, 2.05) is 20.8 Å². The van der Waals surface area contributed by atoms with Crippen molar-refractivity contribution in [1.82, 2.24) is 15.3 Å². The number of H-pyrrole nitrogens is 1. The van der Waals surface area contributed by atoms with Gasteiger partial charge in [-0.05, 0) is 26.0 Å². The summed E-state index contributed by atoms with van der Waals surface area (Å²) in [6.45, 7) is 7.39. The molecule has 8 heteroatoms. The predicted octanol–water partition coefficient (Wildman–Crippen LogP) is 2.25. The van der Waals surface area contributed by atoms with Crippen molar-refractivity contribution in [2.45, 2.75) is 38.6 Å². The molecule has 3 N–H and O–H groups in total. The van der Waals surface area contributed by atoms with E-state index in [1.165, 1.54) is 17.5 Å². The lowest BCUT2D eigenvalue weighted by Gasteiger charge is -2.02. The molecule has 0 atom stereocenters. The van der Waals surface area contributed by atoms with E-state index in [0.717, 1.165) is 29.2 Å². The maximum Gasteiger partial charge on any atom is 0.265 e. The van der Waals surface area contributed by atoms with Crippen LogP contribution in [0.5, 0.6) is 0 Å². The Bertz CT molecular complexity index is 704. The zero-order chi connectivity index (χ0) is 15.5. The van der Waals surface area contributed by atoms with Gasteiger partial charge in [-0.1, -0.05) is 13.8 Å². The first-order valence-corrected chi connectivity index (χ1v) is 9.13. The van der Waals surface area contributed by atoms with Crippen molar-refractivity contribution in [3.8, 4) is 0 Å². The molecule has 21 heavy (non-hydrogen) atoms. The first kappa shape index (κ1) is 16.0. The van der Waals surface area contributed by atoms with Gasteiger partial charge in [0.2, 0.25) is 0 Å². The summed E-state index contributed by atoms with van der Waals surface area (Å²) in [4.78, 5) is 8.53. The molecule has 6 nitrogen and oxygen atoms in total. The molecule has 0 saturated heterocycles. The number of hydrogen-bond donors (Lipinski definition) is 3. The van der Waals surface area contributed by atoms with Crippen molar-refractivity contribution < 1.29 is 8.42 Å². The summed E-state index contributed by atoms with van der Waals surface area (Å²) in [6.07, 6.45) is 2.29. The van der Waals surface area contributed by atoms with Gasteiger partial charge in [0.25, 0.3) is 10.0 Å². The number of aromatic nitrogens is 2. The molecular formula is C13H20N4O2S2. The van der Waals surface area contributed by atoms with Crippen molar-refractivity contribution in [2.24, 2.45) is 0 Å². The summed E-state index contributed by atoms with van der Waals surface area (Å²) in [5, 5.41) is 3.56. The van der Waals surface area contributed by atoms with E-state index in [-0.39, 0.29) is 4.90 Å². The summed E-state index contributed by atoms with van der Waals surface area (Å²) in [5.41, 5.74) is 1.77. The topological polar surface area (TPSA) is 86.9 Å². The zero-order valence-corrected chi connectivity index (χ0v) is 14.0. The molecular weight excluding hydrogens is 308 g/mol. The minimum absolute atomic E-state index is 0.223. The summed E-state index contributed by atoms with van der Waals surface area (Å²) < 4.78 is 27.2. The average molecular weight is 328 g/mol. The van der Waals surface area contributed by atoms with Crippen molar-refractivity contribution in [2.75, 3.05) is 11.3 Å². The third-order valence-electron chi connectivity index (χ3n) is 3.04. The molecule has 0 fully saturated rings. The first-order chi connectivity index (χ1) is 9.96. The van der Waals surface area contributed by atoms with E-state index in [9.17, 15) is 8.42 Å². The lowest BCUT2D eigenvalue weighted by Crippen LogP contribution is -2.13. The van der Waals surface area contributed by atoms with Crippen LogP contribution < -0.4 is 10.0 Å². The number of rotatable bonds is 7. The smallest absolute Gasteiger partial charge is 0.265 e. The Balaban J connectivity index is 2.15. The molecule has 2 rings (SSSR count). The normalized spacial score (nSPS) is 11.8. The SMILES string of the molecule is CCNCc1cc(S(=O)(=O)Nc2nc(CC)c(C)s2)c[nH]1. The van der Waals surface area contributed by atoms with Gasteiger partial charge >= 0.3 is 0 Å². The number of nitrogens with one attached hydrogen (secondary N) is 3. The molecule has 0 radical (unpaired) electrons. The largest absolute Gasteiger partial charge is 0.363 e. The van der Waals surface area contributed by atoms with Crippen LogP contribution in [-0.4, -0.2) is 24.9 Å². The molecule has 2 aromatic heterocycles. The van der Waals surface area contributed by atoms with Crippen LogP contribution in [0.4, 0.5) is 5.13 Å². The van der Waals surface area contributed by atoms with Crippen LogP contribution in [0.3, 0.4) is 0 Å². The lowest BCUT2D eigenvalue weighted by molar-refractivity contribution is 0.601. The fourth-order valence-electron chi connectivity index (χ4n) is 1.91.